The predicted octanol–water partition coefficient (Wildman–Crippen LogP) is 0.648. The molecule has 1 aromatic rings. The van der Waals surface area contributed by atoms with Crippen LogP contribution in [0.1, 0.15) is 20.8 Å². The molecule has 0 atom stereocenters. The maximum absolute atomic E-state index is 11.2. The van der Waals surface area contributed by atoms with Crippen molar-refractivity contribution in [3.8, 4) is 0 Å². The largest absolute Gasteiger partial charge is 0.369 e. The Labute approximate surface area is 114 Å². The Morgan fingerprint density at radius 1 is 1.21 bits per heavy atom. The number of aromatic nitrogens is 2. The third kappa shape index (κ3) is 6.35. The first kappa shape index (κ1) is 15.6. The van der Waals surface area contributed by atoms with Crippen molar-refractivity contribution in [2.75, 3.05) is 30.0 Å². The molecule has 19 heavy (non-hydrogen) atoms. The fourth-order valence-corrected chi connectivity index (χ4v) is 2.64. The molecule has 0 unspecified atom stereocenters. The summed E-state index contributed by atoms with van der Waals surface area (Å²) in [5, 5.41) is 6.12. The topological polar surface area (TPSA) is 96.0 Å². The van der Waals surface area contributed by atoms with E-state index in [-0.39, 0.29) is 0 Å². The molecule has 0 radical (unpaired) electrons. The molecule has 0 aliphatic rings. The van der Waals surface area contributed by atoms with Crippen LogP contribution in [0.4, 0.5) is 11.6 Å². The fraction of sp³-hybridized carbons (Fsp3) is 0.636. The van der Waals surface area contributed by atoms with Crippen LogP contribution in [0.5, 0.6) is 0 Å². The second-order valence-electron chi connectivity index (χ2n) is 4.93. The number of sulfonamides is 1. The van der Waals surface area contributed by atoms with Crippen LogP contribution in [-0.4, -0.2) is 43.3 Å². The van der Waals surface area contributed by atoms with E-state index in [1.54, 1.807) is 26.2 Å². The molecule has 7 nitrogen and oxygen atoms in total. The van der Waals surface area contributed by atoms with Crippen LogP contribution in [0.2, 0.25) is 0 Å². The van der Waals surface area contributed by atoms with Gasteiger partial charge in [-0.1, -0.05) is 0 Å². The van der Waals surface area contributed by atoms with Crippen molar-refractivity contribution in [1.82, 2.24) is 14.7 Å². The summed E-state index contributed by atoms with van der Waals surface area (Å²) in [6.07, 6.45) is 4.37. The molecule has 0 saturated heterocycles. The summed E-state index contributed by atoms with van der Waals surface area (Å²) >= 11 is 0. The zero-order valence-electron chi connectivity index (χ0n) is 11.7. The lowest BCUT2D eigenvalue weighted by molar-refractivity contribution is 0.476. The van der Waals surface area contributed by atoms with Crippen LogP contribution in [0.15, 0.2) is 12.4 Å². The van der Waals surface area contributed by atoms with Crippen molar-refractivity contribution in [1.29, 1.82) is 0 Å². The smallest absolute Gasteiger partial charge is 0.209 e. The average Bonchev–Trinajstić information content (AvgIpc) is 2.24. The first-order valence-electron chi connectivity index (χ1n) is 6.00. The first-order valence-corrected chi connectivity index (χ1v) is 7.90. The molecule has 1 aromatic heterocycles. The summed E-state index contributed by atoms with van der Waals surface area (Å²) in [4.78, 5) is 8.35. The first-order chi connectivity index (χ1) is 8.72. The summed E-state index contributed by atoms with van der Waals surface area (Å²) in [6.45, 7) is 6.73. The highest BCUT2D eigenvalue weighted by molar-refractivity contribution is 7.88. The monoisotopic (exact) mass is 287 g/mol. The van der Waals surface area contributed by atoms with E-state index in [4.69, 9.17) is 0 Å². The maximum Gasteiger partial charge on any atom is 0.209 e. The Kier molecular flexibility index (Phi) is 5.07. The van der Waals surface area contributed by atoms with Crippen molar-refractivity contribution in [2.45, 2.75) is 26.3 Å². The van der Waals surface area contributed by atoms with Crippen LogP contribution in [-0.2, 0) is 10.0 Å². The summed E-state index contributed by atoms with van der Waals surface area (Å²) in [5.41, 5.74) is -0.608. The second-order valence-corrected chi connectivity index (χ2v) is 6.68. The zero-order chi connectivity index (χ0) is 14.5. The van der Waals surface area contributed by atoms with Crippen molar-refractivity contribution in [2.24, 2.45) is 0 Å². The molecule has 0 aliphatic carbocycles. The van der Waals surface area contributed by atoms with Crippen LogP contribution in [0.3, 0.4) is 0 Å². The van der Waals surface area contributed by atoms with E-state index in [2.05, 4.69) is 25.3 Å². The van der Waals surface area contributed by atoms with Gasteiger partial charge in [-0.25, -0.2) is 18.1 Å². The van der Waals surface area contributed by atoms with Gasteiger partial charge in [-0.3, -0.25) is 4.98 Å². The maximum atomic E-state index is 11.2. The van der Waals surface area contributed by atoms with E-state index in [0.717, 1.165) is 12.8 Å². The molecule has 0 amide bonds. The number of hydrogen-bond donors (Lipinski definition) is 3. The van der Waals surface area contributed by atoms with E-state index in [1.807, 2.05) is 6.92 Å². The van der Waals surface area contributed by atoms with Gasteiger partial charge < -0.3 is 10.6 Å². The van der Waals surface area contributed by atoms with E-state index in [9.17, 15) is 8.42 Å². The molecule has 108 valence electrons. The Morgan fingerprint density at radius 2 is 1.79 bits per heavy atom. The minimum atomic E-state index is -3.24. The van der Waals surface area contributed by atoms with E-state index < -0.39 is 15.6 Å². The summed E-state index contributed by atoms with van der Waals surface area (Å²) in [6, 6.07) is 0. The third-order valence-corrected chi connectivity index (χ3v) is 3.09. The minimum Gasteiger partial charge on any atom is -0.369 e. The molecule has 1 heterocycles. The molecule has 1 rings (SSSR count). The highest BCUT2D eigenvalue weighted by Crippen LogP contribution is 2.09. The van der Waals surface area contributed by atoms with Gasteiger partial charge in [0.15, 0.2) is 0 Å². The van der Waals surface area contributed by atoms with Gasteiger partial charge in [-0.2, -0.15) is 0 Å². The van der Waals surface area contributed by atoms with Gasteiger partial charge in [0, 0.05) is 18.6 Å². The quantitative estimate of drug-likeness (QED) is 0.681. The lowest BCUT2D eigenvalue weighted by Crippen LogP contribution is -2.47. The highest BCUT2D eigenvalue weighted by atomic mass is 32.2. The van der Waals surface area contributed by atoms with Gasteiger partial charge in [-0.15, -0.1) is 0 Å². The van der Waals surface area contributed by atoms with E-state index >= 15 is 0 Å². The van der Waals surface area contributed by atoms with Crippen molar-refractivity contribution in [3.05, 3.63) is 12.4 Å². The zero-order valence-corrected chi connectivity index (χ0v) is 12.5. The molecule has 0 aromatic carbocycles. The van der Waals surface area contributed by atoms with E-state index in [0.29, 0.717) is 18.2 Å². The standard InChI is InChI=1S/C11H21N5O2S/c1-5-13-9-6-12-7-10(15-9)14-8-11(2,3)16-19(4,17)18/h6-7,16H,5,8H2,1-4H3,(H2,13,14,15). The minimum absolute atomic E-state index is 0.407. The van der Waals surface area contributed by atoms with Gasteiger partial charge in [-0.05, 0) is 20.8 Å². The molecular formula is C11H21N5O2S. The Hall–Kier alpha value is -1.41. The molecular weight excluding hydrogens is 266 g/mol. The molecule has 3 N–H and O–H groups in total. The lowest BCUT2D eigenvalue weighted by Gasteiger charge is -2.25. The van der Waals surface area contributed by atoms with Crippen molar-refractivity contribution in [3.63, 3.8) is 0 Å². The van der Waals surface area contributed by atoms with Crippen LogP contribution in [0.25, 0.3) is 0 Å². The Morgan fingerprint density at radius 3 is 2.32 bits per heavy atom. The lowest BCUT2D eigenvalue weighted by atomic mass is 10.1. The summed E-state index contributed by atoms with van der Waals surface area (Å²) in [5.74, 6) is 1.28. The number of nitrogens with one attached hydrogen (secondary N) is 3. The SMILES string of the molecule is CCNc1cncc(NCC(C)(C)NS(C)(=O)=O)n1. The van der Waals surface area contributed by atoms with E-state index in [1.165, 1.54) is 0 Å². The van der Waals surface area contributed by atoms with Crippen molar-refractivity contribution >= 4 is 21.7 Å². The van der Waals surface area contributed by atoms with Gasteiger partial charge in [0.05, 0.1) is 18.6 Å². The molecule has 0 saturated carbocycles. The van der Waals surface area contributed by atoms with Gasteiger partial charge in [0.1, 0.15) is 11.6 Å². The average molecular weight is 287 g/mol. The molecule has 0 bridgehead atoms. The van der Waals surface area contributed by atoms with Crippen LogP contribution < -0.4 is 15.4 Å². The Bertz CT molecular complexity index is 516. The predicted molar refractivity (Wildman–Crippen MR) is 76.7 cm³/mol. The normalized spacial score (nSPS) is 12.2. The Balaban J connectivity index is 2.63. The highest BCUT2D eigenvalue weighted by Gasteiger charge is 2.21. The molecule has 0 spiro atoms. The molecule has 0 aliphatic heterocycles. The van der Waals surface area contributed by atoms with Crippen LogP contribution >= 0.6 is 0 Å². The van der Waals surface area contributed by atoms with Gasteiger partial charge in [0.25, 0.3) is 0 Å². The molecule has 0 fully saturated rings. The van der Waals surface area contributed by atoms with Crippen molar-refractivity contribution < 1.29 is 8.42 Å². The third-order valence-electron chi connectivity index (χ3n) is 2.17. The second kappa shape index (κ2) is 6.16. The van der Waals surface area contributed by atoms with Gasteiger partial charge in [0.2, 0.25) is 10.0 Å². The molecule has 8 heteroatoms. The number of anilines is 2. The summed E-state index contributed by atoms with van der Waals surface area (Å²) in [7, 11) is -3.24. The van der Waals surface area contributed by atoms with Gasteiger partial charge >= 0.3 is 0 Å². The van der Waals surface area contributed by atoms with Crippen LogP contribution in [0, 0.1) is 0 Å². The number of nitrogens with zero attached hydrogens (tertiary/aromatic N) is 2. The number of hydrogen-bond acceptors (Lipinski definition) is 6. The number of rotatable bonds is 7. The fourth-order valence-electron chi connectivity index (χ4n) is 1.57. The summed E-state index contributed by atoms with van der Waals surface area (Å²) < 4.78 is 25.0.